The fourth-order valence-electron chi connectivity index (χ4n) is 1.30. The van der Waals surface area contributed by atoms with Crippen LogP contribution < -0.4 is 10.0 Å². The summed E-state index contributed by atoms with van der Waals surface area (Å²) in [5.74, 6) is -0.624. The molecule has 1 aromatic carbocycles. The van der Waals surface area contributed by atoms with Crippen molar-refractivity contribution in [2.24, 2.45) is 0 Å². The van der Waals surface area contributed by atoms with Crippen LogP contribution in [0.1, 0.15) is 13.3 Å². The third-order valence-corrected chi connectivity index (χ3v) is 3.77. The van der Waals surface area contributed by atoms with Crippen molar-refractivity contribution >= 4 is 27.3 Å². The molecule has 0 atom stereocenters. The van der Waals surface area contributed by atoms with Crippen LogP contribution >= 0.6 is 11.6 Å². The number of sulfonamides is 1. The van der Waals surface area contributed by atoms with E-state index in [0.29, 0.717) is 6.54 Å². The number of nitrogens with one attached hydrogen (secondary N) is 2. The van der Waals surface area contributed by atoms with Gasteiger partial charge in [0.15, 0.2) is 0 Å². The number of rotatable bonds is 7. The maximum atomic E-state index is 13.0. The Balaban J connectivity index is 2.62. The average Bonchev–Trinajstić information content (AvgIpc) is 2.29. The predicted octanol–water partition coefficient (Wildman–Crippen LogP) is 2.22. The Kier molecular flexibility index (Phi) is 5.84. The summed E-state index contributed by atoms with van der Waals surface area (Å²) in [6, 6.07) is 3.53. The van der Waals surface area contributed by atoms with Gasteiger partial charge in [-0.05, 0) is 31.2 Å². The Hall–Kier alpha value is -0.850. The van der Waals surface area contributed by atoms with Crippen LogP contribution in [0.2, 0.25) is 5.02 Å². The lowest BCUT2D eigenvalue weighted by atomic mass is 10.3. The minimum absolute atomic E-state index is 0.0622. The van der Waals surface area contributed by atoms with Gasteiger partial charge in [-0.3, -0.25) is 4.72 Å². The second-order valence-electron chi connectivity index (χ2n) is 3.80. The molecule has 1 aromatic rings. The summed E-state index contributed by atoms with van der Waals surface area (Å²) in [4.78, 5) is 0. The quantitative estimate of drug-likeness (QED) is 0.758. The Bertz CT molecular complexity index is 494. The zero-order valence-electron chi connectivity index (χ0n) is 10.0. The van der Waals surface area contributed by atoms with Gasteiger partial charge in [-0.15, -0.1) is 0 Å². The highest BCUT2D eigenvalue weighted by Gasteiger charge is 2.12. The zero-order chi connectivity index (χ0) is 13.6. The fourth-order valence-corrected chi connectivity index (χ4v) is 2.54. The first-order valence-corrected chi connectivity index (χ1v) is 7.64. The van der Waals surface area contributed by atoms with Crippen LogP contribution in [0.5, 0.6) is 0 Å². The van der Waals surface area contributed by atoms with Crippen LogP contribution in [0.3, 0.4) is 0 Å². The second kappa shape index (κ2) is 6.92. The minimum Gasteiger partial charge on any atom is -0.316 e. The van der Waals surface area contributed by atoms with E-state index < -0.39 is 15.8 Å². The lowest BCUT2D eigenvalue weighted by Crippen LogP contribution is -2.27. The average molecular weight is 295 g/mol. The highest BCUT2D eigenvalue weighted by atomic mass is 35.5. The summed E-state index contributed by atoms with van der Waals surface area (Å²) < 4.78 is 38.6. The summed E-state index contributed by atoms with van der Waals surface area (Å²) in [6.45, 7) is 3.10. The van der Waals surface area contributed by atoms with E-state index in [4.69, 9.17) is 11.6 Å². The van der Waals surface area contributed by atoms with E-state index >= 15 is 0 Å². The third-order valence-electron chi connectivity index (χ3n) is 2.17. The molecule has 2 N–H and O–H groups in total. The molecule has 0 radical (unpaired) electrons. The molecule has 0 amide bonds. The van der Waals surface area contributed by atoms with Crippen molar-refractivity contribution in [3.63, 3.8) is 0 Å². The van der Waals surface area contributed by atoms with E-state index in [2.05, 4.69) is 10.0 Å². The molecule has 0 unspecified atom stereocenters. The molecule has 4 nitrogen and oxygen atoms in total. The van der Waals surface area contributed by atoms with Gasteiger partial charge in [0, 0.05) is 6.54 Å². The minimum atomic E-state index is -3.52. The van der Waals surface area contributed by atoms with Gasteiger partial charge in [0.25, 0.3) is 0 Å². The van der Waals surface area contributed by atoms with E-state index in [1.54, 1.807) is 0 Å². The maximum Gasteiger partial charge on any atom is 0.234 e. The van der Waals surface area contributed by atoms with Crippen LogP contribution in [-0.2, 0) is 10.0 Å². The molecule has 0 saturated carbocycles. The molecule has 0 aliphatic heterocycles. The van der Waals surface area contributed by atoms with Crippen molar-refractivity contribution in [1.82, 2.24) is 5.32 Å². The van der Waals surface area contributed by atoms with Gasteiger partial charge >= 0.3 is 0 Å². The normalized spacial score (nSPS) is 11.5. The zero-order valence-corrected chi connectivity index (χ0v) is 11.6. The van der Waals surface area contributed by atoms with Crippen molar-refractivity contribution in [2.45, 2.75) is 13.3 Å². The topological polar surface area (TPSA) is 58.2 Å². The van der Waals surface area contributed by atoms with E-state index in [-0.39, 0.29) is 16.5 Å². The number of hydrogen-bond donors (Lipinski definition) is 2. The lowest BCUT2D eigenvalue weighted by Gasteiger charge is -2.10. The predicted molar refractivity (Wildman–Crippen MR) is 72.0 cm³/mol. The number of benzene rings is 1. The molecular weight excluding hydrogens is 279 g/mol. The van der Waals surface area contributed by atoms with Gasteiger partial charge in [-0.2, -0.15) is 0 Å². The van der Waals surface area contributed by atoms with Crippen molar-refractivity contribution in [3.8, 4) is 0 Å². The molecule has 102 valence electrons. The molecule has 1 rings (SSSR count). The van der Waals surface area contributed by atoms with Crippen LogP contribution in [-0.4, -0.2) is 27.3 Å². The maximum absolute atomic E-state index is 13.0. The van der Waals surface area contributed by atoms with Crippen LogP contribution in [0.15, 0.2) is 18.2 Å². The molecule has 0 spiro atoms. The number of halogens is 2. The summed E-state index contributed by atoms with van der Waals surface area (Å²) in [6.07, 6.45) is 0.934. The summed E-state index contributed by atoms with van der Waals surface area (Å²) >= 11 is 5.78. The van der Waals surface area contributed by atoms with Crippen LogP contribution in [0.25, 0.3) is 0 Å². The number of hydrogen-bond acceptors (Lipinski definition) is 3. The van der Waals surface area contributed by atoms with Crippen molar-refractivity contribution in [3.05, 3.63) is 29.0 Å². The first-order valence-electron chi connectivity index (χ1n) is 5.61. The molecule has 0 saturated heterocycles. The number of anilines is 1. The largest absolute Gasteiger partial charge is 0.316 e. The molecule has 0 fully saturated rings. The highest BCUT2D eigenvalue weighted by molar-refractivity contribution is 7.92. The van der Waals surface area contributed by atoms with E-state index in [1.807, 2.05) is 6.92 Å². The monoisotopic (exact) mass is 294 g/mol. The molecule has 0 bridgehead atoms. The molecule has 7 heteroatoms. The van der Waals surface area contributed by atoms with Gasteiger partial charge in [0.05, 0.1) is 16.5 Å². The molecule has 0 aliphatic rings. The van der Waals surface area contributed by atoms with Gasteiger partial charge < -0.3 is 5.32 Å². The SMILES string of the molecule is CCCNCCS(=O)(=O)Nc1cc(F)ccc1Cl. The van der Waals surface area contributed by atoms with E-state index in [0.717, 1.165) is 19.0 Å². The van der Waals surface area contributed by atoms with Crippen LogP contribution in [0, 0.1) is 5.82 Å². The molecule has 0 aliphatic carbocycles. The smallest absolute Gasteiger partial charge is 0.234 e. The standard InChI is InChI=1S/C11H16ClFN2O2S/c1-2-5-14-6-7-18(16,17)15-11-8-9(13)3-4-10(11)12/h3-4,8,14-15H,2,5-7H2,1H3. The van der Waals surface area contributed by atoms with Crippen molar-refractivity contribution < 1.29 is 12.8 Å². The van der Waals surface area contributed by atoms with Gasteiger partial charge in [-0.1, -0.05) is 18.5 Å². The Morgan fingerprint density at radius 3 is 2.72 bits per heavy atom. The van der Waals surface area contributed by atoms with Crippen LogP contribution in [0.4, 0.5) is 10.1 Å². The summed E-state index contributed by atoms with van der Waals surface area (Å²) in [5.41, 5.74) is 0.0622. The van der Waals surface area contributed by atoms with Gasteiger partial charge in [0.2, 0.25) is 10.0 Å². The Labute approximate surface area is 112 Å². The molecule has 0 heterocycles. The van der Waals surface area contributed by atoms with Crippen molar-refractivity contribution in [2.75, 3.05) is 23.6 Å². The Morgan fingerprint density at radius 1 is 1.33 bits per heavy atom. The molecular formula is C11H16ClFN2O2S. The highest BCUT2D eigenvalue weighted by Crippen LogP contribution is 2.23. The molecule has 0 aromatic heterocycles. The van der Waals surface area contributed by atoms with Crippen molar-refractivity contribution in [1.29, 1.82) is 0 Å². The van der Waals surface area contributed by atoms with Gasteiger partial charge in [-0.25, -0.2) is 12.8 Å². The first kappa shape index (κ1) is 15.2. The third kappa shape index (κ3) is 5.20. The Morgan fingerprint density at radius 2 is 2.06 bits per heavy atom. The second-order valence-corrected chi connectivity index (χ2v) is 6.04. The van der Waals surface area contributed by atoms with E-state index in [1.165, 1.54) is 12.1 Å². The first-order chi connectivity index (χ1) is 8.44. The molecule has 18 heavy (non-hydrogen) atoms. The summed E-state index contributed by atoms with van der Waals surface area (Å²) in [5, 5.41) is 3.14. The fraction of sp³-hybridized carbons (Fsp3) is 0.455. The lowest BCUT2D eigenvalue weighted by molar-refractivity contribution is 0.595. The van der Waals surface area contributed by atoms with E-state index in [9.17, 15) is 12.8 Å². The van der Waals surface area contributed by atoms with Gasteiger partial charge in [0.1, 0.15) is 5.82 Å². The summed E-state index contributed by atoms with van der Waals surface area (Å²) in [7, 11) is -3.52.